The lowest BCUT2D eigenvalue weighted by molar-refractivity contribution is -0.126. The van der Waals surface area contributed by atoms with Gasteiger partial charge in [0, 0.05) is 6.54 Å². The molecule has 2 aromatic rings. The Bertz CT molecular complexity index is 718. The molecule has 0 bridgehead atoms. The minimum atomic E-state index is -0.262. The van der Waals surface area contributed by atoms with E-state index in [2.05, 4.69) is 12.1 Å². The number of rotatable bonds is 6. The molecule has 1 amide bonds. The molecule has 0 saturated carbocycles. The van der Waals surface area contributed by atoms with E-state index in [1.165, 1.54) is 29.5 Å². The summed E-state index contributed by atoms with van der Waals surface area (Å²) in [6.07, 6.45) is 2.40. The van der Waals surface area contributed by atoms with Crippen molar-refractivity contribution < 1.29 is 9.18 Å². The topological polar surface area (TPSA) is 20.3 Å². The van der Waals surface area contributed by atoms with Gasteiger partial charge in [-0.1, -0.05) is 66.4 Å². The molecule has 1 aliphatic heterocycles. The van der Waals surface area contributed by atoms with Crippen molar-refractivity contribution in [2.45, 2.75) is 24.5 Å². The van der Waals surface area contributed by atoms with Crippen molar-refractivity contribution in [2.24, 2.45) is 0 Å². The maximum absolute atomic E-state index is 13.0. The number of halogens is 1. The van der Waals surface area contributed by atoms with Crippen LogP contribution >= 0.6 is 24.0 Å². The van der Waals surface area contributed by atoms with Crippen LogP contribution in [0.2, 0.25) is 0 Å². The number of carbonyl (C=O) groups is 1. The fourth-order valence-corrected chi connectivity index (χ4v) is 4.34. The van der Waals surface area contributed by atoms with Gasteiger partial charge < -0.3 is 0 Å². The van der Waals surface area contributed by atoms with Crippen molar-refractivity contribution in [3.8, 4) is 0 Å². The maximum atomic E-state index is 13.0. The zero-order chi connectivity index (χ0) is 16.9. The largest absolute Gasteiger partial charge is 0.297 e. The van der Waals surface area contributed by atoms with E-state index in [-0.39, 0.29) is 17.0 Å². The van der Waals surface area contributed by atoms with Crippen molar-refractivity contribution in [1.29, 1.82) is 0 Å². The fourth-order valence-electron chi connectivity index (χ4n) is 2.75. The molecule has 1 atom stereocenters. The molecule has 1 heterocycles. The van der Waals surface area contributed by atoms with Crippen LogP contribution < -0.4 is 0 Å². The SMILES string of the molecule is O=C1[C@@H](Cc2ccc(F)cc2)SC(=S)N1CCCc1ccccc1. The van der Waals surface area contributed by atoms with Gasteiger partial charge in [0.05, 0.1) is 5.25 Å². The average molecular weight is 359 g/mol. The number of thiocarbonyl (C=S) groups is 1. The molecule has 5 heteroatoms. The first-order valence-electron chi connectivity index (χ1n) is 7.94. The first-order chi connectivity index (χ1) is 11.6. The number of hydrogen-bond donors (Lipinski definition) is 0. The molecule has 3 rings (SSSR count). The zero-order valence-corrected chi connectivity index (χ0v) is 14.8. The molecule has 0 unspecified atom stereocenters. The predicted octanol–water partition coefficient (Wildman–Crippen LogP) is 4.23. The zero-order valence-electron chi connectivity index (χ0n) is 13.2. The summed E-state index contributed by atoms with van der Waals surface area (Å²) in [6.45, 7) is 0.652. The lowest BCUT2D eigenvalue weighted by atomic mass is 10.1. The third-order valence-electron chi connectivity index (χ3n) is 4.03. The Hall–Kier alpha value is -1.72. The first-order valence-corrected chi connectivity index (χ1v) is 9.22. The van der Waals surface area contributed by atoms with Gasteiger partial charge in [-0.15, -0.1) is 0 Å². The van der Waals surface area contributed by atoms with Crippen LogP contribution in [-0.4, -0.2) is 26.9 Å². The second kappa shape index (κ2) is 7.90. The Labute approximate surface area is 151 Å². The van der Waals surface area contributed by atoms with E-state index in [0.29, 0.717) is 17.3 Å². The van der Waals surface area contributed by atoms with Gasteiger partial charge in [0.2, 0.25) is 5.91 Å². The Balaban J connectivity index is 1.54. The normalized spacial score (nSPS) is 17.5. The quantitative estimate of drug-likeness (QED) is 0.720. The van der Waals surface area contributed by atoms with Crippen molar-refractivity contribution in [3.63, 3.8) is 0 Å². The molecule has 124 valence electrons. The van der Waals surface area contributed by atoms with E-state index in [1.54, 1.807) is 17.0 Å². The molecule has 1 aliphatic rings. The van der Waals surface area contributed by atoms with Crippen molar-refractivity contribution >= 4 is 34.2 Å². The molecule has 1 saturated heterocycles. The number of benzene rings is 2. The van der Waals surface area contributed by atoms with Crippen LogP contribution in [0.3, 0.4) is 0 Å². The van der Waals surface area contributed by atoms with Crippen LogP contribution in [0.15, 0.2) is 54.6 Å². The number of carbonyl (C=O) groups excluding carboxylic acids is 1. The summed E-state index contributed by atoms with van der Waals surface area (Å²) in [5.74, 6) is -0.190. The van der Waals surface area contributed by atoms with Gasteiger partial charge in [0.15, 0.2) is 0 Å². The number of hydrogen-bond acceptors (Lipinski definition) is 3. The summed E-state index contributed by atoms with van der Waals surface area (Å²) in [6, 6.07) is 16.5. The molecule has 0 aliphatic carbocycles. The molecule has 0 aromatic heterocycles. The summed E-state index contributed by atoms with van der Waals surface area (Å²) >= 11 is 6.81. The predicted molar refractivity (Wildman–Crippen MR) is 101 cm³/mol. The number of thioether (sulfide) groups is 1. The third-order valence-corrected chi connectivity index (χ3v) is 5.61. The van der Waals surface area contributed by atoms with Gasteiger partial charge in [-0.25, -0.2) is 4.39 Å². The van der Waals surface area contributed by atoms with Gasteiger partial charge in [0.25, 0.3) is 0 Å². The second-order valence-electron chi connectivity index (χ2n) is 5.78. The van der Waals surface area contributed by atoms with Crippen LogP contribution in [-0.2, 0) is 17.6 Å². The Morgan fingerprint density at radius 3 is 2.46 bits per heavy atom. The van der Waals surface area contributed by atoms with E-state index in [1.807, 2.05) is 18.2 Å². The van der Waals surface area contributed by atoms with Crippen molar-refractivity contribution in [1.82, 2.24) is 4.90 Å². The molecule has 1 fully saturated rings. The van der Waals surface area contributed by atoms with Gasteiger partial charge in [0.1, 0.15) is 10.1 Å². The molecular formula is C19H18FNOS2. The number of nitrogens with zero attached hydrogens (tertiary/aromatic N) is 1. The molecular weight excluding hydrogens is 341 g/mol. The van der Waals surface area contributed by atoms with Crippen LogP contribution in [0.5, 0.6) is 0 Å². The lowest BCUT2D eigenvalue weighted by Crippen LogP contribution is -2.33. The van der Waals surface area contributed by atoms with Crippen LogP contribution in [0, 0.1) is 5.82 Å². The van der Waals surface area contributed by atoms with E-state index < -0.39 is 0 Å². The fraction of sp³-hybridized carbons (Fsp3) is 0.263. The van der Waals surface area contributed by atoms with Gasteiger partial charge in [-0.2, -0.15) is 0 Å². The summed E-state index contributed by atoms with van der Waals surface area (Å²) in [4.78, 5) is 14.3. The lowest BCUT2D eigenvalue weighted by Gasteiger charge is -2.15. The maximum Gasteiger partial charge on any atom is 0.241 e. The highest BCUT2D eigenvalue weighted by Gasteiger charge is 2.36. The molecule has 24 heavy (non-hydrogen) atoms. The van der Waals surface area contributed by atoms with Crippen molar-refractivity contribution in [2.75, 3.05) is 6.54 Å². The Kier molecular flexibility index (Phi) is 5.63. The summed E-state index contributed by atoms with van der Waals surface area (Å²) in [5, 5.41) is -0.195. The number of aryl methyl sites for hydroxylation is 1. The van der Waals surface area contributed by atoms with Crippen LogP contribution in [0.25, 0.3) is 0 Å². The van der Waals surface area contributed by atoms with E-state index in [4.69, 9.17) is 12.2 Å². The van der Waals surface area contributed by atoms with E-state index >= 15 is 0 Å². The minimum Gasteiger partial charge on any atom is -0.297 e. The standard InChI is InChI=1S/C19H18FNOS2/c20-16-10-8-15(9-11-16)13-17-18(22)21(19(23)24-17)12-4-7-14-5-2-1-3-6-14/h1-3,5-6,8-11,17H,4,7,12-13H2/t17-/m1/s1. The second-order valence-corrected chi connectivity index (χ2v) is 7.62. The average Bonchev–Trinajstić information content (AvgIpc) is 2.85. The third kappa shape index (κ3) is 4.22. The van der Waals surface area contributed by atoms with Crippen LogP contribution in [0.1, 0.15) is 17.5 Å². The highest BCUT2D eigenvalue weighted by molar-refractivity contribution is 8.24. The molecule has 2 aromatic carbocycles. The summed E-state index contributed by atoms with van der Waals surface area (Å²) < 4.78 is 13.6. The first kappa shape index (κ1) is 17.1. The molecule has 0 spiro atoms. The smallest absolute Gasteiger partial charge is 0.241 e. The number of amides is 1. The molecule has 0 radical (unpaired) electrons. The highest BCUT2D eigenvalue weighted by atomic mass is 32.2. The van der Waals surface area contributed by atoms with Crippen molar-refractivity contribution in [3.05, 3.63) is 71.5 Å². The Morgan fingerprint density at radius 1 is 1.04 bits per heavy atom. The van der Waals surface area contributed by atoms with Gasteiger partial charge in [-0.3, -0.25) is 9.69 Å². The van der Waals surface area contributed by atoms with E-state index in [9.17, 15) is 9.18 Å². The molecule has 0 N–H and O–H groups in total. The van der Waals surface area contributed by atoms with E-state index in [0.717, 1.165) is 18.4 Å². The monoisotopic (exact) mass is 359 g/mol. The minimum absolute atomic E-state index is 0.0717. The van der Waals surface area contributed by atoms with Crippen LogP contribution in [0.4, 0.5) is 4.39 Å². The molecule has 2 nitrogen and oxygen atoms in total. The van der Waals surface area contributed by atoms with Gasteiger partial charge >= 0.3 is 0 Å². The van der Waals surface area contributed by atoms with Gasteiger partial charge in [-0.05, 0) is 42.5 Å². The Morgan fingerprint density at radius 2 is 1.75 bits per heavy atom. The highest BCUT2D eigenvalue weighted by Crippen LogP contribution is 2.30. The summed E-state index contributed by atoms with van der Waals surface area (Å²) in [5.41, 5.74) is 2.22. The summed E-state index contributed by atoms with van der Waals surface area (Å²) in [7, 11) is 0.